The monoisotopic (exact) mass is 706 g/mol. The second kappa shape index (κ2) is 13.6. The summed E-state index contributed by atoms with van der Waals surface area (Å²) < 4.78 is 27.4. The highest BCUT2D eigenvalue weighted by atomic mass is 79.9. The molecule has 0 fully saturated rings. The highest BCUT2D eigenvalue weighted by Gasteiger charge is 2.20. The molecule has 0 bridgehead atoms. The minimum Gasteiger partial charge on any atom is -0.490 e. The van der Waals surface area contributed by atoms with Gasteiger partial charge in [0.2, 0.25) is 0 Å². The number of nitrogens with one attached hydrogen (secondary N) is 1. The first kappa shape index (κ1) is 30.7. The van der Waals surface area contributed by atoms with Crippen molar-refractivity contribution in [1.29, 1.82) is 0 Å². The number of carbonyl (C=O) groups excluding carboxylic acids is 1. The number of amides is 1. The fourth-order valence-electron chi connectivity index (χ4n) is 3.90. The van der Waals surface area contributed by atoms with Crippen molar-refractivity contribution in [3.05, 3.63) is 90.1 Å². The number of nitrogens with zero attached hydrogens (tertiary/aromatic N) is 3. The third kappa shape index (κ3) is 7.14. The summed E-state index contributed by atoms with van der Waals surface area (Å²) in [6, 6.07) is 12.5. The SMILES string of the molecule is CCOc1cc(C=Nn2c([C@H](C)CC)nc3ccc(Br)cc3c2=O)c(Br)c(Cl)c1OCC(=O)Nc1cccc(F)c1. The average Bonchev–Trinajstić information content (AvgIpc) is 2.94. The van der Waals surface area contributed by atoms with Crippen LogP contribution in [-0.2, 0) is 4.79 Å². The lowest BCUT2D eigenvalue weighted by Crippen LogP contribution is -2.23. The number of anilines is 1. The summed E-state index contributed by atoms with van der Waals surface area (Å²) in [4.78, 5) is 30.6. The number of ether oxygens (including phenoxy) is 2. The molecule has 1 atom stereocenters. The topological polar surface area (TPSA) is 94.8 Å². The van der Waals surface area contributed by atoms with Crippen LogP contribution < -0.4 is 20.3 Å². The summed E-state index contributed by atoms with van der Waals surface area (Å²) in [6.07, 6.45) is 2.24. The summed E-state index contributed by atoms with van der Waals surface area (Å²) in [5, 5.41) is 7.65. The zero-order chi connectivity index (χ0) is 29.7. The van der Waals surface area contributed by atoms with Crippen molar-refractivity contribution in [2.75, 3.05) is 18.5 Å². The molecule has 8 nitrogen and oxygen atoms in total. The average molecular weight is 709 g/mol. The van der Waals surface area contributed by atoms with Crippen LogP contribution in [0.5, 0.6) is 11.5 Å². The van der Waals surface area contributed by atoms with Crippen LogP contribution in [0.15, 0.2) is 67.4 Å². The number of hydrogen-bond donors (Lipinski definition) is 1. The maximum Gasteiger partial charge on any atom is 0.282 e. The quantitative estimate of drug-likeness (QED) is 0.172. The molecule has 0 spiro atoms. The van der Waals surface area contributed by atoms with Crippen LogP contribution in [-0.4, -0.2) is 35.0 Å². The third-order valence-corrected chi connectivity index (χ3v) is 8.05. The summed E-state index contributed by atoms with van der Waals surface area (Å²) in [5.74, 6) is -0.0774. The van der Waals surface area contributed by atoms with Crippen LogP contribution in [0, 0.1) is 5.82 Å². The van der Waals surface area contributed by atoms with E-state index in [9.17, 15) is 14.0 Å². The Labute approximate surface area is 257 Å². The van der Waals surface area contributed by atoms with E-state index in [4.69, 9.17) is 26.1 Å². The smallest absolute Gasteiger partial charge is 0.282 e. The van der Waals surface area contributed by atoms with Crippen molar-refractivity contribution in [2.45, 2.75) is 33.1 Å². The number of rotatable bonds is 10. The number of aromatic nitrogens is 2. The Morgan fingerprint density at radius 1 is 1.20 bits per heavy atom. The summed E-state index contributed by atoms with van der Waals surface area (Å²) >= 11 is 13.5. The molecule has 12 heteroatoms. The van der Waals surface area contributed by atoms with Crippen LogP contribution in [0.1, 0.15) is 44.5 Å². The molecule has 1 heterocycles. The zero-order valence-electron chi connectivity index (χ0n) is 22.4. The van der Waals surface area contributed by atoms with Crippen LogP contribution in [0.25, 0.3) is 10.9 Å². The van der Waals surface area contributed by atoms with Gasteiger partial charge in [0, 0.05) is 26.1 Å². The van der Waals surface area contributed by atoms with E-state index in [1.54, 1.807) is 31.2 Å². The van der Waals surface area contributed by atoms with E-state index in [1.807, 2.05) is 19.9 Å². The largest absolute Gasteiger partial charge is 0.490 e. The van der Waals surface area contributed by atoms with Gasteiger partial charge in [-0.25, -0.2) is 9.37 Å². The number of benzene rings is 3. The van der Waals surface area contributed by atoms with Crippen LogP contribution >= 0.6 is 43.5 Å². The maximum atomic E-state index is 13.5. The third-order valence-electron chi connectivity index (χ3n) is 6.11. The number of carbonyl (C=O) groups is 1. The van der Waals surface area contributed by atoms with E-state index in [0.29, 0.717) is 39.1 Å². The Balaban J connectivity index is 1.67. The molecule has 4 rings (SSSR count). The van der Waals surface area contributed by atoms with Gasteiger partial charge in [-0.15, -0.1) is 0 Å². The maximum absolute atomic E-state index is 13.5. The summed E-state index contributed by atoms with van der Waals surface area (Å²) in [5.41, 5.74) is 1.08. The van der Waals surface area contributed by atoms with Gasteiger partial charge in [-0.1, -0.05) is 47.4 Å². The Kier molecular flexibility index (Phi) is 10.2. The first-order valence-corrected chi connectivity index (χ1v) is 14.7. The predicted molar refractivity (Wildman–Crippen MR) is 166 cm³/mol. The van der Waals surface area contributed by atoms with Gasteiger partial charge in [-0.05, 0) is 71.7 Å². The van der Waals surface area contributed by atoms with Crippen LogP contribution in [0.4, 0.5) is 10.1 Å². The van der Waals surface area contributed by atoms with Crippen molar-refractivity contribution < 1.29 is 18.7 Å². The fourth-order valence-corrected chi connectivity index (χ4v) is 4.91. The van der Waals surface area contributed by atoms with Gasteiger partial charge in [0.05, 0.1) is 23.7 Å². The van der Waals surface area contributed by atoms with Gasteiger partial charge in [-0.3, -0.25) is 9.59 Å². The Morgan fingerprint density at radius 3 is 2.68 bits per heavy atom. The lowest BCUT2D eigenvalue weighted by molar-refractivity contribution is -0.118. The van der Waals surface area contributed by atoms with Gasteiger partial charge >= 0.3 is 0 Å². The molecule has 3 aromatic carbocycles. The molecule has 0 aliphatic carbocycles. The molecule has 0 saturated heterocycles. The van der Waals surface area contributed by atoms with Gasteiger partial charge in [0.25, 0.3) is 11.5 Å². The van der Waals surface area contributed by atoms with Gasteiger partial charge in [0.15, 0.2) is 18.1 Å². The zero-order valence-corrected chi connectivity index (χ0v) is 26.3. The molecule has 41 heavy (non-hydrogen) atoms. The number of halogens is 4. The van der Waals surface area contributed by atoms with Gasteiger partial charge < -0.3 is 14.8 Å². The van der Waals surface area contributed by atoms with E-state index in [-0.39, 0.29) is 28.0 Å². The molecule has 0 saturated carbocycles. The minimum atomic E-state index is -0.511. The second-order valence-corrected chi connectivity index (χ2v) is 11.1. The molecular weight excluding hydrogens is 683 g/mol. The lowest BCUT2D eigenvalue weighted by Gasteiger charge is -2.16. The molecule has 0 aliphatic heterocycles. The summed E-state index contributed by atoms with van der Waals surface area (Å²) in [6.45, 7) is 5.68. The number of hydrogen-bond acceptors (Lipinski definition) is 6. The summed E-state index contributed by atoms with van der Waals surface area (Å²) in [7, 11) is 0. The van der Waals surface area contributed by atoms with Crippen LogP contribution in [0.3, 0.4) is 0 Å². The Bertz CT molecular complexity index is 1700. The van der Waals surface area contributed by atoms with Crippen molar-refractivity contribution in [3.63, 3.8) is 0 Å². The molecule has 4 aromatic rings. The number of fused-ring (bicyclic) bond motifs is 1. The predicted octanol–water partition coefficient (Wildman–Crippen LogP) is 7.53. The molecule has 1 aromatic heterocycles. The minimum absolute atomic E-state index is 0.0341. The van der Waals surface area contributed by atoms with E-state index >= 15 is 0 Å². The molecule has 1 N–H and O–H groups in total. The first-order chi connectivity index (χ1) is 19.6. The van der Waals surface area contributed by atoms with E-state index < -0.39 is 18.3 Å². The molecular formula is C29H26Br2ClFN4O4. The van der Waals surface area contributed by atoms with Crippen LogP contribution in [0.2, 0.25) is 5.02 Å². The van der Waals surface area contributed by atoms with Crippen molar-refractivity contribution in [2.24, 2.45) is 5.10 Å². The normalized spacial score (nSPS) is 12.1. The molecule has 0 unspecified atom stereocenters. The highest BCUT2D eigenvalue weighted by molar-refractivity contribution is 9.10. The highest BCUT2D eigenvalue weighted by Crippen LogP contribution is 2.42. The van der Waals surface area contributed by atoms with Gasteiger partial charge in [0.1, 0.15) is 16.7 Å². The fraction of sp³-hybridized carbons (Fsp3) is 0.241. The van der Waals surface area contributed by atoms with Gasteiger partial charge in [-0.2, -0.15) is 9.78 Å². The van der Waals surface area contributed by atoms with E-state index in [2.05, 4.69) is 42.3 Å². The molecule has 0 radical (unpaired) electrons. The van der Waals surface area contributed by atoms with E-state index in [0.717, 1.165) is 10.9 Å². The molecule has 214 valence electrons. The van der Waals surface area contributed by atoms with Crippen molar-refractivity contribution in [1.82, 2.24) is 9.66 Å². The van der Waals surface area contributed by atoms with Crippen molar-refractivity contribution >= 4 is 72.2 Å². The second-order valence-electron chi connectivity index (χ2n) is 9.00. The molecule has 0 aliphatic rings. The molecule has 1 amide bonds. The Morgan fingerprint density at radius 2 is 1.98 bits per heavy atom. The Hall–Kier alpha value is -3.28. The van der Waals surface area contributed by atoms with E-state index in [1.165, 1.54) is 29.1 Å². The lowest BCUT2D eigenvalue weighted by atomic mass is 10.1. The van der Waals surface area contributed by atoms with Crippen molar-refractivity contribution in [3.8, 4) is 11.5 Å². The first-order valence-electron chi connectivity index (χ1n) is 12.7. The standard InChI is InChI=1S/C29H26Br2ClFN4O4/c1-4-16(3)28-36-22-10-9-18(30)12-21(22)29(39)37(28)34-14-17-11-23(40-5-2)27(26(32)25(17)31)41-15-24(38)35-20-8-6-7-19(33)13-20/h6-14,16H,4-5,15H2,1-3H3,(H,35,38)/t16-/m1/s1.